The molecule has 2 aromatic rings. The second-order valence-corrected chi connectivity index (χ2v) is 8.30. The second kappa shape index (κ2) is 9.67. The normalized spacial score (nSPS) is 21.2. The molecule has 0 bridgehead atoms. The zero-order valence-electron chi connectivity index (χ0n) is 19.2. The van der Waals surface area contributed by atoms with Crippen molar-refractivity contribution in [2.45, 2.75) is 38.8 Å². The molecule has 1 fully saturated rings. The molecule has 7 nitrogen and oxygen atoms in total. The monoisotopic (exact) mass is 451 g/mol. The van der Waals surface area contributed by atoms with Gasteiger partial charge < -0.3 is 24.2 Å². The number of hydrogen-bond donors (Lipinski definition) is 1. The average molecular weight is 452 g/mol. The van der Waals surface area contributed by atoms with Crippen molar-refractivity contribution in [2.24, 2.45) is 0 Å². The Kier molecular flexibility index (Phi) is 6.70. The Bertz CT molecular complexity index is 1070. The number of fused-ring (bicyclic) bond motifs is 1. The van der Waals surface area contributed by atoms with E-state index >= 15 is 0 Å². The summed E-state index contributed by atoms with van der Waals surface area (Å²) < 4.78 is 16.4. The Hall–Kier alpha value is -3.32. The lowest BCUT2D eigenvalue weighted by atomic mass is 9.94. The van der Waals surface area contributed by atoms with E-state index in [1.165, 1.54) is 4.90 Å². The third kappa shape index (κ3) is 4.46. The predicted octanol–water partition coefficient (Wildman–Crippen LogP) is 3.87. The van der Waals surface area contributed by atoms with Crippen LogP contribution in [-0.2, 0) is 20.7 Å². The standard InChI is InChI=1S/C26H29NO6/c1-4-32-20-9-6-17(7-10-20)23-22(25(29)26(30)27(23)12-5-13-31-3)24(28)18-8-11-21-19(15-18)14-16(2)33-21/h6-11,15-16,23,28H,4-5,12-14H2,1-3H3/b24-22-. The Balaban J connectivity index is 1.77. The maximum Gasteiger partial charge on any atom is 0.295 e. The lowest BCUT2D eigenvalue weighted by molar-refractivity contribution is -0.140. The Morgan fingerprint density at radius 1 is 1.18 bits per heavy atom. The van der Waals surface area contributed by atoms with Crippen LogP contribution in [0.4, 0.5) is 0 Å². The van der Waals surface area contributed by atoms with Crippen LogP contribution in [0.5, 0.6) is 11.5 Å². The molecule has 33 heavy (non-hydrogen) atoms. The first kappa shape index (κ1) is 22.9. The summed E-state index contributed by atoms with van der Waals surface area (Å²) in [5.74, 6) is -0.00476. The van der Waals surface area contributed by atoms with Gasteiger partial charge in [0.15, 0.2) is 0 Å². The van der Waals surface area contributed by atoms with Crippen LogP contribution >= 0.6 is 0 Å². The SMILES string of the molecule is CCOc1ccc(C2/C(=C(/O)c3ccc4c(c3)CC(C)O4)C(=O)C(=O)N2CCCOC)cc1. The van der Waals surface area contributed by atoms with Crippen LogP contribution in [0.15, 0.2) is 48.0 Å². The number of aliphatic hydroxyl groups excluding tert-OH is 1. The van der Waals surface area contributed by atoms with Gasteiger partial charge in [-0.3, -0.25) is 9.59 Å². The number of rotatable bonds is 8. The van der Waals surface area contributed by atoms with Gasteiger partial charge in [-0.25, -0.2) is 0 Å². The fraction of sp³-hybridized carbons (Fsp3) is 0.385. The number of Topliss-reactive ketones (excluding diaryl/α,β-unsaturated/α-hetero) is 1. The van der Waals surface area contributed by atoms with Gasteiger partial charge in [-0.1, -0.05) is 12.1 Å². The summed E-state index contributed by atoms with van der Waals surface area (Å²) >= 11 is 0. The number of methoxy groups -OCH3 is 1. The minimum Gasteiger partial charge on any atom is -0.507 e. The number of nitrogens with zero attached hydrogens (tertiary/aromatic N) is 1. The lowest BCUT2D eigenvalue weighted by Crippen LogP contribution is -2.31. The van der Waals surface area contributed by atoms with E-state index < -0.39 is 17.7 Å². The zero-order valence-corrected chi connectivity index (χ0v) is 19.2. The number of likely N-dealkylation sites (tertiary alicyclic amines) is 1. The molecular weight excluding hydrogens is 422 g/mol. The summed E-state index contributed by atoms with van der Waals surface area (Å²) in [4.78, 5) is 27.6. The molecular formula is C26H29NO6. The van der Waals surface area contributed by atoms with E-state index in [2.05, 4.69) is 0 Å². The van der Waals surface area contributed by atoms with Gasteiger partial charge in [-0.15, -0.1) is 0 Å². The molecule has 0 radical (unpaired) electrons. The van der Waals surface area contributed by atoms with Crippen molar-refractivity contribution in [1.29, 1.82) is 0 Å². The van der Waals surface area contributed by atoms with Gasteiger partial charge in [-0.05, 0) is 61.7 Å². The number of ether oxygens (including phenoxy) is 3. The van der Waals surface area contributed by atoms with Crippen molar-refractivity contribution in [3.63, 3.8) is 0 Å². The highest BCUT2D eigenvalue weighted by Crippen LogP contribution is 2.41. The molecule has 0 saturated carbocycles. The Labute approximate surface area is 193 Å². The molecule has 2 heterocycles. The van der Waals surface area contributed by atoms with Gasteiger partial charge in [0.2, 0.25) is 0 Å². The number of carbonyl (C=O) groups excluding carboxylic acids is 2. The van der Waals surface area contributed by atoms with Crippen molar-refractivity contribution < 1.29 is 28.9 Å². The molecule has 174 valence electrons. The third-order valence-corrected chi connectivity index (χ3v) is 5.96. The van der Waals surface area contributed by atoms with Crippen molar-refractivity contribution in [1.82, 2.24) is 4.90 Å². The van der Waals surface area contributed by atoms with Gasteiger partial charge in [0.25, 0.3) is 11.7 Å². The van der Waals surface area contributed by atoms with Crippen molar-refractivity contribution >= 4 is 17.4 Å². The number of hydrogen-bond acceptors (Lipinski definition) is 6. The molecule has 4 rings (SSSR count). The van der Waals surface area contributed by atoms with Gasteiger partial charge in [0, 0.05) is 32.2 Å². The quantitative estimate of drug-likeness (QED) is 0.284. The highest BCUT2D eigenvalue weighted by Gasteiger charge is 2.45. The number of carbonyl (C=O) groups is 2. The lowest BCUT2D eigenvalue weighted by Gasteiger charge is -2.25. The smallest absolute Gasteiger partial charge is 0.295 e. The number of ketones is 1. The van der Waals surface area contributed by atoms with E-state index in [0.29, 0.717) is 37.5 Å². The molecule has 2 aliphatic rings. The second-order valence-electron chi connectivity index (χ2n) is 8.30. The zero-order chi connectivity index (χ0) is 23.5. The van der Waals surface area contributed by atoms with E-state index in [1.54, 1.807) is 19.2 Å². The predicted molar refractivity (Wildman–Crippen MR) is 123 cm³/mol. The Morgan fingerprint density at radius 3 is 2.64 bits per heavy atom. The van der Waals surface area contributed by atoms with Crippen LogP contribution in [-0.4, -0.2) is 54.7 Å². The largest absolute Gasteiger partial charge is 0.507 e. The van der Waals surface area contributed by atoms with E-state index in [0.717, 1.165) is 23.3 Å². The fourth-order valence-electron chi connectivity index (χ4n) is 4.47. The summed E-state index contributed by atoms with van der Waals surface area (Å²) in [7, 11) is 1.59. The van der Waals surface area contributed by atoms with Gasteiger partial charge >= 0.3 is 0 Å². The van der Waals surface area contributed by atoms with Crippen LogP contribution in [0.25, 0.3) is 5.76 Å². The summed E-state index contributed by atoms with van der Waals surface area (Å²) in [5, 5.41) is 11.3. The van der Waals surface area contributed by atoms with Gasteiger partial charge in [0.1, 0.15) is 23.4 Å². The minimum absolute atomic E-state index is 0.0626. The topological polar surface area (TPSA) is 85.3 Å². The first-order chi connectivity index (χ1) is 15.9. The first-order valence-electron chi connectivity index (χ1n) is 11.2. The van der Waals surface area contributed by atoms with Crippen LogP contribution in [0.1, 0.15) is 43.0 Å². The first-order valence-corrected chi connectivity index (χ1v) is 11.2. The van der Waals surface area contributed by atoms with Crippen LogP contribution in [0.2, 0.25) is 0 Å². The number of aliphatic hydroxyl groups is 1. The molecule has 2 unspecified atom stereocenters. The number of benzene rings is 2. The maximum atomic E-state index is 13.1. The molecule has 7 heteroatoms. The fourth-order valence-corrected chi connectivity index (χ4v) is 4.47. The van der Waals surface area contributed by atoms with Crippen LogP contribution in [0.3, 0.4) is 0 Å². The van der Waals surface area contributed by atoms with Crippen LogP contribution < -0.4 is 9.47 Å². The number of amides is 1. The minimum atomic E-state index is -0.694. The summed E-state index contributed by atoms with van der Waals surface area (Å²) in [6.45, 7) is 5.22. The Morgan fingerprint density at radius 2 is 1.94 bits per heavy atom. The maximum absolute atomic E-state index is 13.1. The van der Waals surface area contributed by atoms with Crippen molar-refractivity contribution in [2.75, 3.05) is 26.9 Å². The summed E-state index contributed by atoms with van der Waals surface area (Å²) in [5.41, 5.74) is 2.29. The average Bonchev–Trinajstić information content (AvgIpc) is 3.30. The summed E-state index contributed by atoms with van der Waals surface area (Å²) in [6, 6.07) is 11.9. The van der Waals surface area contributed by atoms with Gasteiger partial charge in [-0.2, -0.15) is 0 Å². The van der Waals surface area contributed by atoms with E-state index in [-0.39, 0.29) is 17.4 Å². The van der Waals surface area contributed by atoms with E-state index in [4.69, 9.17) is 14.2 Å². The van der Waals surface area contributed by atoms with E-state index in [9.17, 15) is 14.7 Å². The molecule has 1 N–H and O–H groups in total. The third-order valence-electron chi connectivity index (χ3n) is 5.96. The molecule has 0 aromatic heterocycles. The highest BCUT2D eigenvalue weighted by atomic mass is 16.5. The molecule has 1 amide bonds. The summed E-state index contributed by atoms with van der Waals surface area (Å²) in [6.07, 6.45) is 1.36. The van der Waals surface area contributed by atoms with E-state index in [1.807, 2.05) is 44.2 Å². The molecule has 1 saturated heterocycles. The highest BCUT2D eigenvalue weighted by molar-refractivity contribution is 6.46. The molecule has 2 aliphatic heterocycles. The van der Waals surface area contributed by atoms with Crippen molar-refractivity contribution in [3.05, 3.63) is 64.7 Å². The molecule has 2 atom stereocenters. The molecule has 0 spiro atoms. The van der Waals surface area contributed by atoms with Crippen LogP contribution in [0, 0.1) is 0 Å². The molecule has 2 aromatic carbocycles. The van der Waals surface area contributed by atoms with Gasteiger partial charge in [0.05, 0.1) is 18.2 Å². The molecule has 0 aliphatic carbocycles. The van der Waals surface area contributed by atoms with Crippen molar-refractivity contribution in [3.8, 4) is 11.5 Å².